The fourth-order valence-corrected chi connectivity index (χ4v) is 3.49. The van der Waals surface area contributed by atoms with Crippen LogP contribution in [0.5, 0.6) is 5.75 Å². The normalized spacial score (nSPS) is 12.5. The molecule has 0 fully saturated rings. The lowest BCUT2D eigenvalue weighted by atomic mass is 10.1. The number of allylic oxidation sites excluding steroid dienone is 5. The average Bonchev–Trinajstić information content (AvgIpc) is 2.55. The Morgan fingerprint density at radius 3 is 2.27 bits per heavy atom. The van der Waals surface area contributed by atoms with Crippen LogP contribution in [0.4, 0.5) is 5.69 Å². The Hall–Kier alpha value is -2.11. The maximum atomic E-state index is 12.0. The first-order chi connectivity index (χ1) is 12.3. The Morgan fingerprint density at radius 2 is 1.65 bits per heavy atom. The standard InChI is InChI=1S/C21H19Br2NO2/c1-14(10-21(26)24-19-6-8-20(25)9-7-19)4-3-5-15(2)16-11-17(22)13-18(23)12-16/h3-13,25H,1-2H3,(H,24,26)/b4-3+,14-10+,15-5+. The van der Waals surface area contributed by atoms with Gasteiger partial charge in [0.05, 0.1) is 0 Å². The van der Waals surface area contributed by atoms with Crippen molar-refractivity contribution in [2.75, 3.05) is 5.32 Å². The van der Waals surface area contributed by atoms with Crippen LogP contribution in [0.2, 0.25) is 0 Å². The minimum absolute atomic E-state index is 0.164. The van der Waals surface area contributed by atoms with Crippen LogP contribution in [0, 0.1) is 0 Å². The highest BCUT2D eigenvalue weighted by molar-refractivity contribution is 9.11. The van der Waals surface area contributed by atoms with Crippen LogP contribution in [0.3, 0.4) is 0 Å². The molecule has 1 amide bonds. The van der Waals surface area contributed by atoms with Crippen molar-refractivity contribution in [3.63, 3.8) is 0 Å². The first-order valence-electron chi connectivity index (χ1n) is 7.93. The zero-order chi connectivity index (χ0) is 19.1. The number of anilines is 1. The molecule has 0 heterocycles. The molecule has 2 rings (SSSR count). The molecule has 0 spiro atoms. The van der Waals surface area contributed by atoms with Crippen molar-refractivity contribution >= 4 is 49.0 Å². The molecule has 2 aromatic rings. The van der Waals surface area contributed by atoms with Gasteiger partial charge in [-0.25, -0.2) is 0 Å². The Bertz CT molecular complexity index is 861. The number of amides is 1. The molecule has 2 aromatic carbocycles. The summed E-state index contributed by atoms with van der Waals surface area (Å²) < 4.78 is 2.03. The third-order valence-electron chi connectivity index (χ3n) is 3.52. The van der Waals surface area contributed by atoms with E-state index in [1.807, 2.05) is 38.1 Å². The van der Waals surface area contributed by atoms with Crippen molar-refractivity contribution in [1.29, 1.82) is 0 Å². The van der Waals surface area contributed by atoms with Gasteiger partial charge >= 0.3 is 0 Å². The summed E-state index contributed by atoms with van der Waals surface area (Å²) in [5, 5.41) is 12.0. The van der Waals surface area contributed by atoms with Crippen LogP contribution < -0.4 is 5.32 Å². The molecular weight excluding hydrogens is 458 g/mol. The number of carbonyl (C=O) groups excluding carboxylic acids is 1. The summed E-state index contributed by atoms with van der Waals surface area (Å²) >= 11 is 6.98. The van der Waals surface area contributed by atoms with Gasteiger partial charge in [-0.15, -0.1) is 0 Å². The minimum atomic E-state index is -0.213. The summed E-state index contributed by atoms with van der Waals surface area (Å²) in [6, 6.07) is 12.4. The molecule has 0 saturated carbocycles. The van der Waals surface area contributed by atoms with Gasteiger partial charge in [0.1, 0.15) is 5.75 Å². The van der Waals surface area contributed by atoms with Gasteiger partial charge in [0.15, 0.2) is 0 Å². The number of halogens is 2. The highest BCUT2D eigenvalue weighted by Gasteiger charge is 2.00. The van der Waals surface area contributed by atoms with Crippen LogP contribution in [0.15, 0.2) is 81.3 Å². The zero-order valence-corrected chi connectivity index (χ0v) is 17.6. The Balaban J connectivity index is 2.00. The fraction of sp³-hybridized carbons (Fsp3) is 0.0952. The number of phenols is 1. The van der Waals surface area contributed by atoms with E-state index >= 15 is 0 Å². The molecule has 0 aromatic heterocycles. The second-order valence-electron chi connectivity index (χ2n) is 5.79. The van der Waals surface area contributed by atoms with Crippen LogP contribution >= 0.6 is 31.9 Å². The van der Waals surface area contributed by atoms with Gasteiger partial charge in [0.2, 0.25) is 5.91 Å². The van der Waals surface area contributed by atoms with Gasteiger partial charge < -0.3 is 10.4 Å². The fourth-order valence-electron chi connectivity index (χ4n) is 2.20. The molecule has 2 N–H and O–H groups in total. The van der Waals surface area contributed by atoms with Crippen molar-refractivity contribution in [2.45, 2.75) is 13.8 Å². The average molecular weight is 477 g/mol. The first kappa shape index (κ1) is 20.2. The summed E-state index contributed by atoms with van der Waals surface area (Å²) in [5.41, 5.74) is 3.70. The quantitative estimate of drug-likeness (QED) is 0.295. The molecule has 0 atom stereocenters. The molecule has 5 heteroatoms. The Morgan fingerprint density at radius 1 is 1.04 bits per heavy atom. The van der Waals surface area contributed by atoms with Crippen molar-refractivity contribution in [3.8, 4) is 5.75 Å². The highest BCUT2D eigenvalue weighted by Crippen LogP contribution is 2.24. The van der Waals surface area contributed by atoms with Gasteiger partial charge in [-0.05, 0) is 73.0 Å². The summed E-state index contributed by atoms with van der Waals surface area (Å²) in [6.45, 7) is 3.90. The number of nitrogens with one attached hydrogen (secondary N) is 1. The second kappa shape index (κ2) is 9.55. The van der Waals surface area contributed by atoms with E-state index < -0.39 is 0 Å². The maximum Gasteiger partial charge on any atom is 0.248 e. The van der Waals surface area contributed by atoms with E-state index in [1.54, 1.807) is 12.1 Å². The van der Waals surface area contributed by atoms with Gasteiger partial charge in [-0.3, -0.25) is 4.79 Å². The van der Waals surface area contributed by atoms with E-state index in [0.29, 0.717) is 5.69 Å². The number of rotatable bonds is 5. The maximum absolute atomic E-state index is 12.0. The first-order valence-corrected chi connectivity index (χ1v) is 9.52. The van der Waals surface area contributed by atoms with Gasteiger partial charge in [0, 0.05) is 20.7 Å². The van der Waals surface area contributed by atoms with Gasteiger partial charge in [-0.2, -0.15) is 0 Å². The number of hydrogen-bond donors (Lipinski definition) is 2. The Kier molecular flexibility index (Phi) is 7.42. The van der Waals surface area contributed by atoms with E-state index in [2.05, 4.69) is 49.3 Å². The van der Waals surface area contributed by atoms with E-state index in [4.69, 9.17) is 0 Å². The van der Waals surface area contributed by atoms with Crippen LogP contribution in [-0.4, -0.2) is 11.0 Å². The topological polar surface area (TPSA) is 49.3 Å². The number of benzene rings is 2. The van der Waals surface area contributed by atoms with E-state index in [0.717, 1.165) is 25.7 Å². The molecule has 3 nitrogen and oxygen atoms in total. The molecule has 0 aliphatic rings. The smallest absolute Gasteiger partial charge is 0.248 e. The zero-order valence-electron chi connectivity index (χ0n) is 14.5. The SMILES string of the molecule is CC(/C=C/C=C(\C)c1cc(Br)cc(Br)c1)=C\C(=O)Nc1ccc(O)cc1. The molecule has 0 saturated heterocycles. The molecule has 0 aliphatic carbocycles. The highest BCUT2D eigenvalue weighted by atomic mass is 79.9. The van der Waals surface area contributed by atoms with Crippen LogP contribution in [-0.2, 0) is 4.79 Å². The summed E-state index contributed by atoms with van der Waals surface area (Å²) in [4.78, 5) is 12.0. The monoisotopic (exact) mass is 475 g/mol. The Labute approximate surface area is 170 Å². The molecule has 26 heavy (non-hydrogen) atoms. The number of phenolic OH excluding ortho intramolecular Hbond substituents is 1. The lowest BCUT2D eigenvalue weighted by Gasteiger charge is -2.03. The van der Waals surface area contributed by atoms with Crippen LogP contribution in [0.1, 0.15) is 19.4 Å². The number of aromatic hydroxyl groups is 1. The lowest BCUT2D eigenvalue weighted by molar-refractivity contribution is -0.111. The van der Waals surface area contributed by atoms with Gasteiger partial charge in [0.25, 0.3) is 0 Å². The number of carbonyl (C=O) groups is 1. The molecule has 134 valence electrons. The van der Waals surface area contributed by atoms with Gasteiger partial charge in [-0.1, -0.05) is 50.1 Å². The van der Waals surface area contributed by atoms with Crippen LogP contribution in [0.25, 0.3) is 5.57 Å². The predicted molar refractivity (Wildman–Crippen MR) is 115 cm³/mol. The van der Waals surface area contributed by atoms with Crippen molar-refractivity contribution in [1.82, 2.24) is 0 Å². The minimum Gasteiger partial charge on any atom is -0.508 e. The summed E-state index contributed by atoms with van der Waals surface area (Å²) in [5.74, 6) is -0.0493. The molecule has 0 unspecified atom stereocenters. The third kappa shape index (κ3) is 6.65. The van der Waals surface area contributed by atoms with E-state index in [-0.39, 0.29) is 11.7 Å². The summed E-state index contributed by atoms with van der Waals surface area (Å²) in [7, 11) is 0. The summed E-state index contributed by atoms with van der Waals surface area (Å²) in [6.07, 6.45) is 7.34. The second-order valence-corrected chi connectivity index (χ2v) is 7.62. The molecule has 0 bridgehead atoms. The largest absolute Gasteiger partial charge is 0.508 e. The van der Waals surface area contributed by atoms with E-state index in [1.165, 1.54) is 18.2 Å². The lowest BCUT2D eigenvalue weighted by Crippen LogP contribution is -2.08. The predicted octanol–water partition coefficient (Wildman–Crippen LogP) is 6.46. The molecule has 0 aliphatic heterocycles. The molecule has 0 radical (unpaired) electrons. The van der Waals surface area contributed by atoms with Crippen molar-refractivity contribution in [3.05, 3.63) is 86.9 Å². The van der Waals surface area contributed by atoms with Crippen molar-refractivity contribution < 1.29 is 9.90 Å². The van der Waals surface area contributed by atoms with Crippen molar-refractivity contribution in [2.24, 2.45) is 0 Å². The number of hydrogen-bond acceptors (Lipinski definition) is 2. The third-order valence-corrected chi connectivity index (χ3v) is 4.43. The van der Waals surface area contributed by atoms with E-state index in [9.17, 15) is 9.90 Å². The molecular formula is C21H19Br2NO2.